The van der Waals surface area contributed by atoms with Crippen molar-refractivity contribution in [3.63, 3.8) is 0 Å². The van der Waals surface area contributed by atoms with Crippen molar-refractivity contribution in [2.24, 2.45) is 0 Å². The molecule has 0 aliphatic carbocycles. The van der Waals surface area contributed by atoms with E-state index in [1.165, 1.54) is 21.8 Å². The van der Waals surface area contributed by atoms with Crippen LogP contribution in [0.4, 0.5) is 9.93 Å². The largest absolute Gasteiger partial charge is 0.374 e. The summed E-state index contributed by atoms with van der Waals surface area (Å²) in [6.45, 7) is 5.49. The van der Waals surface area contributed by atoms with Crippen LogP contribution in [-0.4, -0.2) is 51.6 Å². The molecular formula is C17H22N6O2S. The van der Waals surface area contributed by atoms with Crippen molar-refractivity contribution in [1.82, 2.24) is 25.3 Å². The summed E-state index contributed by atoms with van der Waals surface area (Å²) in [5.74, 6) is -0.0549. The van der Waals surface area contributed by atoms with Gasteiger partial charge in [0.2, 0.25) is 11.0 Å². The van der Waals surface area contributed by atoms with E-state index in [0.717, 1.165) is 5.56 Å². The van der Waals surface area contributed by atoms with Crippen molar-refractivity contribution in [3.05, 3.63) is 40.4 Å². The van der Waals surface area contributed by atoms with Crippen LogP contribution >= 0.6 is 11.3 Å². The van der Waals surface area contributed by atoms with Crippen molar-refractivity contribution in [1.29, 1.82) is 0 Å². The molecule has 138 valence electrons. The topological polar surface area (TPSA) is 104 Å². The summed E-state index contributed by atoms with van der Waals surface area (Å²) in [6, 6.07) is 7.50. The minimum atomic E-state index is -0.308. The number of aryl methyl sites for hydroxylation is 1. The molecule has 1 aromatic carbocycles. The molecule has 9 heteroatoms. The number of carbonyl (C=O) groups is 2. The molecule has 1 fully saturated rings. The van der Waals surface area contributed by atoms with Crippen molar-refractivity contribution in [2.75, 3.05) is 25.4 Å². The Balaban J connectivity index is 1.54. The van der Waals surface area contributed by atoms with Gasteiger partial charge in [-0.1, -0.05) is 41.2 Å². The fraction of sp³-hybridized carbons (Fsp3) is 0.412. The van der Waals surface area contributed by atoms with Crippen LogP contribution in [0.15, 0.2) is 24.3 Å². The summed E-state index contributed by atoms with van der Waals surface area (Å²) in [6.07, 6.45) is 0. The number of aromatic nitrogens is 2. The Morgan fingerprint density at radius 3 is 2.85 bits per heavy atom. The predicted octanol–water partition coefficient (Wildman–Crippen LogP) is 1.54. The molecular weight excluding hydrogens is 352 g/mol. The van der Waals surface area contributed by atoms with Gasteiger partial charge in [-0.15, -0.1) is 10.2 Å². The third kappa shape index (κ3) is 4.29. The van der Waals surface area contributed by atoms with Crippen LogP contribution in [0.2, 0.25) is 0 Å². The van der Waals surface area contributed by atoms with Crippen molar-refractivity contribution >= 4 is 28.4 Å². The second-order valence-corrected chi connectivity index (χ2v) is 7.42. The number of nitrogens with two attached hydrogens (primary N) is 1. The fourth-order valence-corrected chi connectivity index (χ4v) is 3.45. The average Bonchev–Trinajstić information content (AvgIpc) is 3.03. The number of nitrogens with one attached hydrogen (secondary N) is 1. The molecule has 1 atom stereocenters. The van der Waals surface area contributed by atoms with E-state index < -0.39 is 0 Å². The van der Waals surface area contributed by atoms with Crippen molar-refractivity contribution in [2.45, 2.75) is 26.4 Å². The maximum Gasteiger partial charge on any atom is 0.318 e. The van der Waals surface area contributed by atoms with Crippen LogP contribution in [0.1, 0.15) is 29.1 Å². The average molecular weight is 374 g/mol. The monoisotopic (exact) mass is 374 g/mol. The Morgan fingerprint density at radius 2 is 2.19 bits per heavy atom. The molecule has 1 aromatic heterocycles. The third-order valence-corrected chi connectivity index (χ3v) is 5.16. The first kappa shape index (κ1) is 18.1. The number of benzene rings is 1. The standard InChI is InChI=1S/C17H22N6O2S/c1-11-4-3-5-13(8-11)9-22-6-7-23(10-14(22)24)17(25)19-12(2)15-20-21-16(18)26-15/h3-5,8,12H,6-7,9-10H2,1-2H3,(H2,18,21)(H,19,25)/t12-/m1/s1. The van der Waals surface area contributed by atoms with Gasteiger partial charge in [0.15, 0.2) is 0 Å². The molecule has 1 aliphatic heterocycles. The first-order chi connectivity index (χ1) is 12.4. The molecule has 8 nitrogen and oxygen atoms in total. The summed E-state index contributed by atoms with van der Waals surface area (Å²) in [7, 11) is 0. The number of hydrogen-bond acceptors (Lipinski definition) is 6. The second-order valence-electron chi connectivity index (χ2n) is 6.38. The first-order valence-electron chi connectivity index (χ1n) is 8.40. The van der Waals surface area contributed by atoms with Gasteiger partial charge in [0, 0.05) is 19.6 Å². The van der Waals surface area contributed by atoms with E-state index in [1.54, 1.807) is 4.90 Å². The minimum Gasteiger partial charge on any atom is -0.374 e. The summed E-state index contributed by atoms with van der Waals surface area (Å²) >= 11 is 1.23. The number of nitrogens with zero attached hydrogens (tertiary/aromatic N) is 4. The van der Waals surface area contributed by atoms with E-state index in [0.29, 0.717) is 29.8 Å². The zero-order chi connectivity index (χ0) is 18.7. The number of anilines is 1. The smallest absolute Gasteiger partial charge is 0.318 e. The van der Waals surface area contributed by atoms with Crippen LogP contribution in [0.25, 0.3) is 0 Å². The van der Waals surface area contributed by atoms with Crippen molar-refractivity contribution < 1.29 is 9.59 Å². The van der Waals surface area contributed by atoms with E-state index in [9.17, 15) is 9.59 Å². The van der Waals surface area contributed by atoms with Gasteiger partial charge in [-0.25, -0.2) is 4.79 Å². The van der Waals surface area contributed by atoms with E-state index in [1.807, 2.05) is 32.0 Å². The lowest BCUT2D eigenvalue weighted by molar-refractivity contribution is -0.135. The highest BCUT2D eigenvalue weighted by Gasteiger charge is 2.28. The van der Waals surface area contributed by atoms with Gasteiger partial charge in [-0.2, -0.15) is 0 Å². The highest BCUT2D eigenvalue weighted by atomic mass is 32.1. The van der Waals surface area contributed by atoms with E-state index in [2.05, 4.69) is 21.6 Å². The summed E-state index contributed by atoms with van der Waals surface area (Å²) in [5.41, 5.74) is 7.83. The molecule has 3 N–H and O–H groups in total. The van der Waals surface area contributed by atoms with Gasteiger partial charge in [-0.3, -0.25) is 4.79 Å². The van der Waals surface area contributed by atoms with Gasteiger partial charge in [0.25, 0.3) is 0 Å². The molecule has 0 radical (unpaired) electrons. The predicted molar refractivity (Wildman–Crippen MR) is 99.4 cm³/mol. The lowest BCUT2D eigenvalue weighted by atomic mass is 10.1. The van der Waals surface area contributed by atoms with Crippen LogP contribution in [0, 0.1) is 6.92 Å². The maximum atomic E-state index is 12.4. The SMILES string of the molecule is Cc1cccc(CN2CCN(C(=O)N[C@H](C)c3nnc(N)s3)CC2=O)c1. The number of urea groups is 1. The normalized spacial score (nSPS) is 15.8. The molecule has 26 heavy (non-hydrogen) atoms. The number of carbonyl (C=O) groups excluding carboxylic acids is 2. The van der Waals surface area contributed by atoms with Gasteiger partial charge in [-0.05, 0) is 19.4 Å². The number of nitrogen functional groups attached to an aromatic ring is 1. The quantitative estimate of drug-likeness (QED) is 0.845. The van der Waals surface area contributed by atoms with Crippen LogP contribution in [0.5, 0.6) is 0 Å². The molecule has 3 amide bonds. The molecule has 1 aliphatic rings. The Labute approximate surface area is 156 Å². The molecule has 0 bridgehead atoms. The zero-order valence-electron chi connectivity index (χ0n) is 14.8. The molecule has 1 saturated heterocycles. The highest BCUT2D eigenvalue weighted by Crippen LogP contribution is 2.19. The summed E-state index contributed by atoms with van der Waals surface area (Å²) in [5, 5.41) is 11.5. The fourth-order valence-electron chi connectivity index (χ4n) is 2.84. The molecule has 2 aromatic rings. The molecule has 3 rings (SSSR count). The Morgan fingerprint density at radius 1 is 1.38 bits per heavy atom. The second kappa shape index (κ2) is 7.69. The number of rotatable bonds is 4. The summed E-state index contributed by atoms with van der Waals surface area (Å²) < 4.78 is 0. The van der Waals surface area contributed by atoms with Crippen LogP contribution in [0.3, 0.4) is 0 Å². The lowest BCUT2D eigenvalue weighted by Crippen LogP contribution is -2.54. The third-order valence-electron chi connectivity index (χ3n) is 4.23. The van der Waals surface area contributed by atoms with Gasteiger partial charge in [0.05, 0.1) is 6.04 Å². The van der Waals surface area contributed by atoms with Crippen LogP contribution < -0.4 is 11.1 Å². The zero-order valence-corrected chi connectivity index (χ0v) is 15.6. The highest BCUT2D eigenvalue weighted by molar-refractivity contribution is 7.15. The summed E-state index contributed by atoms with van der Waals surface area (Å²) in [4.78, 5) is 28.1. The Hall–Kier alpha value is -2.68. The molecule has 2 heterocycles. The van der Waals surface area contributed by atoms with Gasteiger partial charge < -0.3 is 20.9 Å². The maximum absolute atomic E-state index is 12.4. The van der Waals surface area contributed by atoms with Gasteiger partial charge >= 0.3 is 6.03 Å². The minimum absolute atomic E-state index is 0.0549. The van der Waals surface area contributed by atoms with Crippen molar-refractivity contribution in [3.8, 4) is 0 Å². The first-order valence-corrected chi connectivity index (χ1v) is 9.21. The Bertz CT molecular complexity index is 808. The number of hydrogen-bond donors (Lipinski definition) is 2. The number of amides is 3. The number of piperazine rings is 1. The van der Waals surface area contributed by atoms with E-state index >= 15 is 0 Å². The van der Waals surface area contributed by atoms with E-state index in [-0.39, 0.29) is 24.5 Å². The molecule has 0 spiro atoms. The van der Waals surface area contributed by atoms with Crippen LogP contribution in [-0.2, 0) is 11.3 Å². The van der Waals surface area contributed by atoms with Gasteiger partial charge in [0.1, 0.15) is 11.6 Å². The van der Waals surface area contributed by atoms with E-state index in [4.69, 9.17) is 5.73 Å². The molecule has 0 saturated carbocycles. The lowest BCUT2D eigenvalue weighted by Gasteiger charge is -2.34. The molecule has 0 unspecified atom stereocenters. The Kier molecular flexibility index (Phi) is 5.36.